The van der Waals surface area contributed by atoms with Gasteiger partial charge < -0.3 is 10.2 Å². The van der Waals surface area contributed by atoms with Crippen molar-refractivity contribution in [2.24, 2.45) is 0 Å². The van der Waals surface area contributed by atoms with Crippen molar-refractivity contribution in [1.29, 1.82) is 0 Å². The zero-order valence-corrected chi connectivity index (χ0v) is 12.4. The number of rotatable bonds is 5. The van der Waals surface area contributed by atoms with E-state index >= 15 is 0 Å². The molecule has 0 aliphatic rings. The van der Waals surface area contributed by atoms with Crippen LogP contribution in [0.1, 0.15) is 10.4 Å². The van der Waals surface area contributed by atoms with Gasteiger partial charge >= 0.3 is 5.97 Å². The van der Waals surface area contributed by atoms with E-state index in [1.807, 2.05) is 30.3 Å². The first-order valence-corrected chi connectivity index (χ1v) is 6.79. The quantitative estimate of drug-likeness (QED) is 0.811. The smallest absolute Gasteiger partial charge is 0.330 e. The number of hydrogen-bond acceptors (Lipinski definition) is 4. The molecule has 6 heteroatoms. The Kier molecular flexibility index (Phi) is 4.75. The SMILES string of the molecule is CN(C)N(C(=O)c1cccc2ccccc12)C(CO)C(=O)O. The fraction of sp³-hybridized carbons (Fsp3) is 0.250. The van der Waals surface area contributed by atoms with Gasteiger partial charge in [0.15, 0.2) is 6.04 Å². The molecule has 116 valence electrons. The summed E-state index contributed by atoms with van der Waals surface area (Å²) in [5.74, 6) is -1.73. The second-order valence-corrected chi connectivity index (χ2v) is 5.06. The van der Waals surface area contributed by atoms with E-state index in [9.17, 15) is 19.8 Å². The molecule has 0 fully saturated rings. The summed E-state index contributed by atoms with van der Waals surface area (Å²) in [5, 5.41) is 22.6. The van der Waals surface area contributed by atoms with Gasteiger partial charge in [-0.2, -0.15) is 0 Å². The minimum absolute atomic E-state index is 0.395. The molecule has 0 bridgehead atoms. The summed E-state index contributed by atoms with van der Waals surface area (Å²) in [6.45, 7) is -0.663. The number of aliphatic hydroxyl groups is 1. The molecule has 2 rings (SSSR count). The Morgan fingerprint density at radius 3 is 2.32 bits per heavy atom. The maximum Gasteiger partial charge on any atom is 0.330 e. The van der Waals surface area contributed by atoms with E-state index in [4.69, 9.17) is 0 Å². The van der Waals surface area contributed by atoms with Gasteiger partial charge in [-0.05, 0) is 16.8 Å². The highest BCUT2D eigenvalue weighted by atomic mass is 16.4. The summed E-state index contributed by atoms with van der Waals surface area (Å²) in [7, 11) is 3.13. The maximum atomic E-state index is 12.8. The first-order valence-electron chi connectivity index (χ1n) is 6.79. The number of aliphatic hydroxyl groups excluding tert-OH is 1. The predicted molar refractivity (Wildman–Crippen MR) is 82.3 cm³/mol. The van der Waals surface area contributed by atoms with Gasteiger partial charge in [0.05, 0.1) is 6.61 Å². The average Bonchev–Trinajstić information content (AvgIpc) is 2.50. The molecule has 1 atom stereocenters. The van der Waals surface area contributed by atoms with Gasteiger partial charge in [0.25, 0.3) is 5.91 Å². The monoisotopic (exact) mass is 302 g/mol. The van der Waals surface area contributed by atoms with E-state index < -0.39 is 24.5 Å². The first kappa shape index (κ1) is 15.9. The van der Waals surface area contributed by atoms with Gasteiger partial charge in [0.1, 0.15) is 0 Å². The second-order valence-electron chi connectivity index (χ2n) is 5.06. The van der Waals surface area contributed by atoms with Gasteiger partial charge in [-0.25, -0.2) is 9.80 Å². The topological polar surface area (TPSA) is 81.1 Å². The number of nitrogens with zero attached hydrogens (tertiary/aromatic N) is 2. The summed E-state index contributed by atoms with van der Waals surface area (Å²) in [6.07, 6.45) is 0. The fourth-order valence-corrected chi connectivity index (χ4v) is 2.40. The van der Waals surface area contributed by atoms with Crippen LogP contribution in [0.5, 0.6) is 0 Å². The lowest BCUT2D eigenvalue weighted by atomic mass is 10.0. The van der Waals surface area contributed by atoms with Gasteiger partial charge in [0.2, 0.25) is 0 Å². The van der Waals surface area contributed by atoms with Crippen LogP contribution in [-0.2, 0) is 4.79 Å². The summed E-state index contributed by atoms with van der Waals surface area (Å²) >= 11 is 0. The van der Waals surface area contributed by atoms with Crippen LogP contribution in [0.3, 0.4) is 0 Å². The molecule has 2 aromatic carbocycles. The third-order valence-corrected chi connectivity index (χ3v) is 3.41. The van der Waals surface area contributed by atoms with E-state index in [1.54, 1.807) is 26.2 Å². The van der Waals surface area contributed by atoms with Crippen molar-refractivity contribution in [3.8, 4) is 0 Å². The lowest BCUT2D eigenvalue weighted by molar-refractivity contribution is -0.149. The van der Waals surface area contributed by atoms with E-state index in [1.165, 1.54) is 5.01 Å². The third-order valence-electron chi connectivity index (χ3n) is 3.41. The van der Waals surface area contributed by atoms with Gasteiger partial charge in [-0.1, -0.05) is 36.4 Å². The molecule has 0 radical (unpaired) electrons. The van der Waals surface area contributed by atoms with Crippen molar-refractivity contribution < 1.29 is 19.8 Å². The number of hydrazine groups is 1. The largest absolute Gasteiger partial charge is 0.480 e. The molecule has 6 nitrogen and oxygen atoms in total. The van der Waals surface area contributed by atoms with Crippen molar-refractivity contribution in [2.75, 3.05) is 20.7 Å². The van der Waals surface area contributed by atoms with Gasteiger partial charge in [-0.3, -0.25) is 9.80 Å². The minimum Gasteiger partial charge on any atom is -0.480 e. The van der Waals surface area contributed by atoms with E-state index in [0.717, 1.165) is 15.8 Å². The Labute approximate surface area is 128 Å². The predicted octanol–water partition coefficient (Wildman–Crippen LogP) is 1.20. The van der Waals surface area contributed by atoms with Crippen LogP contribution in [0.4, 0.5) is 0 Å². The maximum absolute atomic E-state index is 12.8. The Bertz CT molecular complexity index is 694. The molecule has 0 aliphatic carbocycles. The Hall–Kier alpha value is -2.44. The molecule has 1 amide bonds. The van der Waals surface area contributed by atoms with Gasteiger partial charge in [0, 0.05) is 19.7 Å². The number of aliphatic carboxylic acids is 1. The first-order chi connectivity index (χ1) is 10.5. The van der Waals surface area contributed by atoms with Crippen molar-refractivity contribution in [3.05, 3.63) is 48.0 Å². The fourth-order valence-electron chi connectivity index (χ4n) is 2.40. The number of carbonyl (C=O) groups is 2. The molecule has 2 N–H and O–H groups in total. The lowest BCUT2D eigenvalue weighted by Gasteiger charge is -2.33. The highest BCUT2D eigenvalue weighted by Crippen LogP contribution is 2.21. The number of carbonyl (C=O) groups excluding carboxylic acids is 1. The van der Waals surface area contributed by atoms with Crippen LogP contribution >= 0.6 is 0 Å². The van der Waals surface area contributed by atoms with Crippen LogP contribution in [0, 0.1) is 0 Å². The van der Waals surface area contributed by atoms with Crippen LogP contribution in [0.15, 0.2) is 42.5 Å². The molecule has 0 aliphatic heterocycles. The average molecular weight is 302 g/mol. The third kappa shape index (κ3) is 2.93. The molecule has 0 heterocycles. The standard InChI is InChI=1S/C16H18N2O4/c1-17(2)18(14(10-19)16(21)22)15(20)13-9-5-7-11-6-3-4-8-12(11)13/h3-9,14,19H,10H2,1-2H3,(H,21,22). The van der Waals surface area contributed by atoms with Crippen molar-refractivity contribution in [2.45, 2.75) is 6.04 Å². The summed E-state index contributed by atoms with van der Waals surface area (Å²) in [6, 6.07) is 11.3. The van der Waals surface area contributed by atoms with Crippen molar-refractivity contribution in [1.82, 2.24) is 10.0 Å². The normalized spacial score (nSPS) is 12.4. The molecule has 0 spiro atoms. The molecule has 0 saturated heterocycles. The minimum atomic E-state index is -1.33. The van der Waals surface area contributed by atoms with Gasteiger partial charge in [-0.15, -0.1) is 0 Å². The highest BCUT2D eigenvalue weighted by molar-refractivity contribution is 6.07. The summed E-state index contributed by atoms with van der Waals surface area (Å²) in [4.78, 5) is 24.1. The Morgan fingerprint density at radius 1 is 1.09 bits per heavy atom. The number of hydrogen-bond donors (Lipinski definition) is 2. The zero-order chi connectivity index (χ0) is 16.3. The Morgan fingerprint density at radius 2 is 1.73 bits per heavy atom. The molecular weight excluding hydrogens is 284 g/mol. The number of benzene rings is 2. The number of carboxylic acids is 1. The molecule has 1 unspecified atom stereocenters. The Balaban J connectivity index is 2.52. The summed E-state index contributed by atoms with van der Waals surface area (Å²) in [5.41, 5.74) is 0.395. The van der Waals surface area contributed by atoms with Crippen LogP contribution in [-0.4, -0.2) is 58.9 Å². The van der Waals surface area contributed by atoms with E-state index in [0.29, 0.717) is 5.56 Å². The zero-order valence-electron chi connectivity index (χ0n) is 12.4. The van der Waals surface area contributed by atoms with Crippen molar-refractivity contribution >= 4 is 22.6 Å². The van der Waals surface area contributed by atoms with Crippen molar-refractivity contribution in [3.63, 3.8) is 0 Å². The lowest BCUT2D eigenvalue weighted by Crippen LogP contribution is -2.53. The molecule has 0 aromatic heterocycles. The van der Waals surface area contributed by atoms with Crippen LogP contribution < -0.4 is 0 Å². The molecular formula is C16H18N2O4. The van der Waals surface area contributed by atoms with E-state index in [2.05, 4.69) is 0 Å². The number of amides is 1. The number of fused-ring (bicyclic) bond motifs is 1. The highest BCUT2D eigenvalue weighted by Gasteiger charge is 2.32. The number of carboxylic acid groups (broad SMARTS) is 1. The van der Waals surface area contributed by atoms with Crippen LogP contribution in [0.2, 0.25) is 0 Å². The molecule has 22 heavy (non-hydrogen) atoms. The van der Waals surface area contributed by atoms with E-state index in [-0.39, 0.29) is 0 Å². The molecule has 2 aromatic rings. The molecule has 0 saturated carbocycles. The summed E-state index contributed by atoms with van der Waals surface area (Å²) < 4.78 is 0. The van der Waals surface area contributed by atoms with Crippen LogP contribution in [0.25, 0.3) is 10.8 Å². The second kappa shape index (κ2) is 6.55.